The van der Waals surface area contributed by atoms with E-state index in [1.54, 1.807) is 24.3 Å². The Kier molecular flexibility index (Phi) is 6.34. The predicted octanol–water partition coefficient (Wildman–Crippen LogP) is 2.64. The van der Waals surface area contributed by atoms with Crippen LogP contribution < -0.4 is 5.32 Å². The van der Waals surface area contributed by atoms with Gasteiger partial charge in [0.05, 0.1) is 4.90 Å². The summed E-state index contributed by atoms with van der Waals surface area (Å²) in [7, 11) is -3.81. The Hall–Kier alpha value is -2.71. The van der Waals surface area contributed by atoms with E-state index in [2.05, 4.69) is 5.32 Å². The summed E-state index contributed by atoms with van der Waals surface area (Å²) in [4.78, 5) is 24.7. The molecule has 1 atom stereocenters. The van der Waals surface area contributed by atoms with Crippen LogP contribution in [0.1, 0.15) is 24.0 Å². The van der Waals surface area contributed by atoms with Crippen molar-refractivity contribution in [3.05, 3.63) is 59.7 Å². The molecule has 154 valence electrons. The van der Waals surface area contributed by atoms with E-state index in [4.69, 9.17) is 4.74 Å². The third kappa shape index (κ3) is 4.83. The van der Waals surface area contributed by atoms with Crippen LogP contribution in [0.15, 0.2) is 53.4 Å². The maximum absolute atomic E-state index is 12.9. The van der Waals surface area contributed by atoms with Crippen molar-refractivity contribution in [1.29, 1.82) is 0 Å². The molecule has 2 aromatic carbocycles. The standard InChI is InChI=1S/C21H24N2O5S/c1-15-9-11-17(12-10-15)29(26,27)23-13-5-8-19(23)21(25)28-14-20(24)22-18-7-4-3-6-16(18)2/h3-4,6-7,9-12,19H,5,8,13-14H2,1-2H3,(H,22,24)/t19-/m0/s1. The van der Waals surface area contributed by atoms with Gasteiger partial charge in [-0.2, -0.15) is 4.31 Å². The normalized spacial score (nSPS) is 17.1. The molecule has 1 aliphatic rings. The van der Waals surface area contributed by atoms with Crippen LogP contribution >= 0.6 is 0 Å². The molecule has 1 amide bonds. The average molecular weight is 416 g/mol. The molecule has 8 heteroatoms. The number of carbonyl (C=O) groups excluding carboxylic acids is 2. The highest BCUT2D eigenvalue weighted by Gasteiger charge is 2.40. The lowest BCUT2D eigenvalue weighted by Crippen LogP contribution is -2.42. The smallest absolute Gasteiger partial charge is 0.324 e. The number of rotatable bonds is 6. The van der Waals surface area contributed by atoms with Crippen LogP contribution in [0, 0.1) is 13.8 Å². The maximum Gasteiger partial charge on any atom is 0.324 e. The van der Waals surface area contributed by atoms with Gasteiger partial charge in [-0.25, -0.2) is 8.42 Å². The number of hydrogen-bond acceptors (Lipinski definition) is 5. The summed E-state index contributed by atoms with van der Waals surface area (Å²) in [6.07, 6.45) is 0.920. The van der Waals surface area contributed by atoms with E-state index in [1.165, 1.54) is 16.4 Å². The number of sulfonamides is 1. The van der Waals surface area contributed by atoms with Gasteiger partial charge in [-0.3, -0.25) is 9.59 Å². The SMILES string of the molecule is Cc1ccc(S(=O)(=O)N2CCC[C@H]2C(=O)OCC(=O)Nc2ccccc2C)cc1. The van der Waals surface area contributed by atoms with Gasteiger partial charge in [0.25, 0.3) is 5.91 Å². The van der Waals surface area contributed by atoms with Crippen molar-refractivity contribution in [1.82, 2.24) is 4.31 Å². The quantitative estimate of drug-likeness (QED) is 0.731. The maximum atomic E-state index is 12.9. The fraction of sp³-hybridized carbons (Fsp3) is 0.333. The first kappa shape index (κ1) is 21.0. The molecule has 7 nitrogen and oxygen atoms in total. The molecule has 0 radical (unpaired) electrons. The van der Waals surface area contributed by atoms with Crippen molar-refractivity contribution >= 4 is 27.6 Å². The largest absolute Gasteiger partial charge is 0.454 e. The molecule has 1 saturated heterocycles. The van der Waals surface area contributed by atoms with Gasteiger partial charge in [-0.1, -0.05) is 35.9 Å². The van der Waals surface area contributed by atoms with Crippen molar-refractivity contribution in [3.63, 3.8) is 0 Å². The molecule has 0 spiro atoms. The minimum atomic E-state index is -3.81. The Morgan fingerprint density at radius 2 is 1.79 bits per heavy atom. The monoisotopic (exact) mass is 416 g/mol. The Labute approximate surface area is 170 Å². The highest BCUT2D eigenvalue weighted by molar-refractivity contribution is 7.89. The molecule has 0 aliphatic carbocycles. The van der Waals surface area contributed by atoms with E-state index in [1.807, 2.05) is 26.0 Å². The zero-order chi connectivity index (χ0) is 21.0. The molecule has 1 fully saturated rings. The third-order valence-corrected chi connectivity index (χ3v) is 6.79. The number of anilines is 1. The molecule has 0 saturated carbocycles. The Bertz CT molecular complexity index is 1000. The molecule has 1 aliphatic heterocycles. The highest BCUT2D eigenvalue weighted by atomic mass is 32.2. The van der Waals surface area contributed by atoms with Gasteiger partial charge in [0.2, 0.25) is 10.0 Å². The number of para-hydroxylation sites is 1. The van der Waals surface area contributed by atoms with E-state index in [-0.39, 0.29) is 11.4 Å². The molecule has 0 bridgehead atoms. The second-order valence-corrected chi connectivity index (χ2v) is 8.95. The van der Waals surface area contributed by atoms with E-state index >= 15 is 0 Å². The molecule has 1 N–H and O–H groups in total. The molecule has 0 unspecified atom stereocenters. The first-order valence-corrected chi connectivity index (χ1v) is 10.8. The van der Waals surface area contributed by atoms with Crippen LogP contribution in [-0.2, 0) is 24.3 Å². The topological polar surface area (TPSA) is 92.8 Å². The van der Waals surface area contributed by atoms with Gasteiger partial charge < -0.3 is 10.1 Å². The number of nitrogens with zero attached hydrogens (tertiary/aromatic N) is 1. The fourth-order valence-electron chi connectivity index (χ4n) is 3.24. The lowest BCUT2D eigenvalue weighted by atomic mass is 10.2. The van der Waals surface area contributed by atoms with Crippen LogP contribution in [0.3, 0.4) is 0 Å². The van der Waals surface area contributed by atoms with Crippen LogP contribution in [0.25, 0.3) is 0 Å². The van der Waals surface area contributed by atoms with E-state index in [9.17, 15) is 18.0 Å². The number of benzene rings is 2. The molecule has 29 heavy (non-hydrogen) atoms. The van der Waals surface area contributed by atoms with Gasteiger partial charge in [0.1, 0.15) is 6.04 Å². The number of amides is 1. The first-order valence-electron chi connectivity index (χ1n) is 9.39. The Balaban J connectivity index is 1.63. The predicted molar refractivity (Wildman–Crippen MR) is 109 cm³/mol. The zero-order valence-corrected chi connectivity index (χ0v) is 17.2. The van der Waals surface area contributed by atoms with Crippen LogP contribution in [-0.4, -0.2) is 43.8 Å². The number of esters is 1. The lowest BCUT2D eigenvalue weighted by Gasteiger charge is -2.22. The van der Waals surface area contributed by atoms with Crippen LogP contribution in [0.2, 0.25) is 0 Å². The molecular weight excluding hydrogens is 392 g/mol. The van der Waals surface area contributed by atoms with E-state index in [0.717, 1.165) is 11.1 Å². The van der Waals surface area contributed by atoms with E-state index < -0.39 is 34.5 Å². The summed E-state index contributed by atoms with van der Waals surface area (Å²) in [6, 6.07) is 12.8. The average Bonchev–Trinajstić information content (AvgIpc) is 3.19. The number of hydrogen-bond donors (Lipinski definition) is 1. The van der Waals surface area contributed by atoms with Gasteiger partial charge in [0.15, 0.2) is 6.61 Å². The summed E-state index contributed by atoms with van der Waals surface area (Å²) < 4.78 is 32.1. The van der Waals surface area contributed by atoms with Crippen LogP contribution in [0.4, 0.5) is 5.69 Å². The zero-order valence-electron chi connectivity index (χ0n) is 16.4. The van der Waals surface area contributed by atoms with Crippen molar-refractivity contribution in [2.45, 2.75) is 37.6 Å². The second-order valence-electron chi connectivity index (χ2n) is 7.06. The molecule has 0 aromatic heterocycles. The van der Waals surface area contributed by atoms with Crippen molar-refractivity contribution in [2.75, 3.05) is 18.5 Å². The lowest BCUT2D eigenvalue weighted by molar-refractivity contribution is -0.150. The van der Waals surface area contributed by atoms with Gasteiger partial charge in [-0.15, -0.1) is 0 Å². The van der Waals surface area contributed by atoms with Gasteiger partial charge in [-0.05, 0) is 50.5 Å². The van der Waals surface area contributed by atoms with Crippen molar-refractivity contribution in [2.24, 2.45) is 0 Å². The minimum absolute atomic E-state index is 0.139. The molecule has 2 aromatic rings. The first-order chi connectivity index (χ1) is 13.8. The van der Waals surface area contributed by atoms with Crippen molar-refractivity contribution in [3.8, 4) is 0 Å². The summed E-state index contributed by atoms with van der Waals surface area (Å²) in [5.74, 6) is -1.18. The summed E-state index contributed by atoms with van der Waals surface area (Å²) >= 11 is 0. The molecule has 3 rings (SSSR count). The van der Waals surface area contributed by atoms with Gasteiger partial charge >= 0.3 is 5.97 Å². The summed E-state index contributed by atoms with van der Waals surface area (Å²) in [6.45, 7) is 3.50. The van der Waals surface area contributed by atoms with Crippen LogP contribution in [0.5, 0.6) is 0 Å². The van der Waals surface area contributed by atoms with E-state index in [0.29, 0.717) is 18.5 Å². The third-order valence-electron chi connectivity index (χ3n) is 4.87. The minimum Gasteiger partial charge on any atom is -0.454 e. The van der Waals surface area contributed by atoms with Crippen molar-refractivity contribution < 1.29 is 22.7 Å². The summed E-state index contributed by atoms with van der Waals surface area (Å²) in [5, 5.41) is 2.68. The number of nitrogens with one attached hydrogen (secondary N) is 1. The highest BCUT2D eigenvalue weighted by Crippen LogP contribution is 2.27. The van der Waals surface area contributed by atoms with Gasteiger partial charge in [0, 0.05) is 12.2 Å². The number of carbonyl (C=O) groups is 2. The second kappa shape index (κ2) is 8.75. The number of ether oxygens (including phenoxy) is 1. The molecule has 1 heterocycles. The fourth-order valence-corrected chi connectivity index (χ4v) is 4.89. The molecular formula is C21H24N2O5S. The summed E-state index contributed by atoms with van der Waals surface area (Å²) in [5.41, 5.74) is 2.47. The Morgan fingerprint density at radius 1 is 1.10 bits per heavy atom. The Morgan fingerprint density at radius 3 is 2.48 bits per heavy atom. The number of aryl methyl sites for hydroxylation is 2.